The first-order valence-electron chi connectivity index (χ1n) is 10.1. The third kappa shape index (κ3) is 6.07. The molecule has 0 radical (unpaired) electrons. The number of nitrogens with zero attached hydrogens (tertiary/aromatic N) is 2. The molecule has 0 aliphatic carbocycles. The highest BCUT2D eigenvalue weighted by molar-refractivity contribution is 7.17. The van der Waals surface area contributed by atoms with Gasteiger partial charge in [0.2, 0.25) is 0 Å². The van der Waals surface area contributed by atoms with Gasteiger partial charge in [-0.1, -0.05) is 17.7 Å². The van der Waals surface area contributed by atoms with Crippen molar-refractivity contribution in [2.75, 3.05) is 6.54 Å². The molecule has 0 bridgehead atoms. The van der Waals surface area contributed by atoms with Gasteiger partial charge in [-0.15, -0.1) is 11.3 Å². The summed E-state index contributed by atoms with van der Waals surface area (Å²) in [5.41, 5.74) is 2.58. The number of hydrogen-bond acceptors (Lipinski definition) is 6. The monoisotopic (exact) mass is 479 g/mol. The minimum atomic E-state index is -0.474. The maximum atomic E-state index is 12.4. The first-order chi connectivity index (χ1) is 15.8. The second-order valence-corrected chi connectivity index (χ2v) is 8.92. The van der Waals surface area contributed by atoms with E-state index in [1.807, 2.05) is 30.3 Å². The SMILES string of the molecule is C=N\C=C/C=C(C)/C=C(\C#N)C(=O)NCC1Cc2cc(-c3ccc(C(C)=O)s3)cc(Cl)c2O1. The Morgan fingerprint density at radius 1 is 1.39 bits per heavy atom. The maximum Gasteiger partial charge on any atom is 0.262 e. The van der Waals surface area contributed by atoms with Crippen LogP contribution in [-0.2, 0) is 11.2 Å². The summed E-state index contributed by atoms with van der Waals surface area (Å²) in [5, 5.41) is 12.6. The summed E-state index contributed by atoms with van der Waals surface area (Å²) in [7, 11) is 0. The normalized spacial score (nSPS) is 15.6. The van der Waals surface area contributed by atoms with Crippen LogP contribution in [0.5, 0.6) is 5.75 Å². The highest BCUT2D eigenvalue weighted by Crippen LogP contribution is 2.41. The first kappa shape index (κ1) is 24.2. The topological polar surface area (TPSA) is 91.5 Å². The Morgan fingerprint density at radius 2 is 2.18 bits per heavy atom. The number of ketones is 1. The van der Waals surface area contributed by atoms with Gasteiger partial charge in [0.1, 0.15) is 23.5 Å². The lowest BCUT2D eigenvalue weighted by molar-refractivity contribution is -0.117. The molecule has 1 amide bonds. The van der Waals surface area contributed by atoms with Crippen LogP contribution in [-0.4, -0.2) is 31.1 Å². The number of nitriles is 1. The molecular weight excluding hydrogens is 458 g/mol. The van der Waals surface area contributed by atoms with Crippen molar-refractivity contribution in [1.82, 2.24) is 5.32 Å². The van der Waals surface area contributed by atoms with Gasteiger partial charge in [-0.3, -0.25) is 14.6 Å². The number of thiophene rings is 1. The number of hydrogen-bond donors (Lipinski definition) is 1. The number of aliphatic imine (C=N–C) groups is 1. The van der Waals surface area contributed by atoms with Crippen LogP contribution in [0, 0.1) is 11.3 Å². The van der Waals surface area contributed by atoms with E-state index in [2.05, 4.69) is 17.0 Å². The molecule has 2 heterocycles. The van der Waals surface area contributed by atoms with E-state index in [9.17, 15) is 14.9 Å². The van der Waals surface area contributed by atoms with Gasteiger partial charge in [-0.05, 0) is 68.1 Å². The van der Waals surface area contributed by atoms with Crippen molar-refractivity contribution < 1.29 is 14.3 Å². The number of benzene rings is 1. The molecule has 0 saturated heterocycles. The van der Waals surface area contributed by atoms with Crippen molar-refractivity contribution in [2.45, 2.75) is 26.4 Å². The number of carbonyl (C=O) groups is 2. The number of ether oxygens (including phenoxy) is 1. The second-order valence-electron chi connectivity index (χ2n) is 7.43. The lowest BCUT2D eigenvalue weighted by Gasteiger charge is -2.12. The summed E-state index contributed by atoms with van der Waals surface area (Å²) in [6, 6.07) is 9.45. The third-order valence-corrected chi connectivity index (χ3v) is 6.38. The number of amides is 1. The van der Waals surface area contributed by atoms with Crippen LogP contribution >= 0.6 is 22.9 Å². The van der Waals surface area contributed by atoms with Gasteiger partial charge in [0.25, 0.3) is 5.91 Å². The summed E-state index contributed by atoms with van der Waals surface area (Å²) >= 11 is 7.87. The lowest BCUT2D eigenvalue weighted by atomic mass is 10.1. The van der Waals surface area contributed by atoms with Crippen LogP contribution in [0.15, 0.2) is 64.8 Å². The van der Waals surface area contributed by atoms with Crippen LogP contribution in [0.2, 0.25) is 5.02 Å². The van der Waals surface area contributed by atoms with Crippen molar-refractivity contribution >= 4 is 41.3 Å². The van der Waals surface area contributed by atoms with Gasteiger partial charge < -0.3 is 10.1 Å². The number of allylic oxidation sites excluding steroid dienone is 4. The molecule has 1 aromatic carbocycles. The molecule has 2 aromatic rings. The fourth-order valence-electron chi connectivity index (χ4n) is 3.31. The minimum Gasteiger partial charge on any atom is -0.486 e. The van der Waals surface area contributed by atoms with Crippen molar-refractivity contribution in [3.8, 4) is 22.3 Å². The zero-order chi connectivity index (χ0) is 24.0. The molecule has 168 valence electrons. The molecule has 1 aliphatic rings. The quantitative estimate of drug-likeness (QED) is 0.183. The van der Waals surface area contributed by atoms with E-state index in [1.54, 1.807) is 26.0 Å². The zero-order valence-electron chi connectivity index (χ0n) is 18.2. The highest BCUT2D eigenvalue weighted by atomic mass is 35.5. The van der Waals surface area contributed by atoms with Crippen molar-refractivity contribution in [2.24, 2.45) is 4.99 Å². The number of halogens is 1. The van der Waals surface area contributed by atoms with Crippen LogP contribution in [0.25, 0.3) is 10.4 Å². The molecule has 0 saturated carbocycles. The molecule has 1 N–H and O–H groups in total. The Balaban J connectivity index is 1.66. The molecule has 0 spiro atoms. The Hall–Kier alpha value is -3.47. The fourth-order valence-corrected chi connectivity index (χ4v) is 4.48. The van der Waals surface area contributed by atoms with Crippen molar-refractivity contribution in [3.63, 3.8) is 0 Å². The molecule has 3 rings (SSSR count). The Kier molecular flexibility index (Phi) is 7.99. The minimum absolute atomic E-state index is 0.00138. The largest absolute Gasteiger partial charge is 0.486 e. The van der Waals surface area contributed by atoms with E-state index in [-0.39, 0.29) is 24.0 Å². The number of fused-ring (bicyclic) bond motifs is 1. The summed E-state index contributed by atoms with van der Waals surface area (Å²) in [4.78, 5) is 29.3. The van der Waals surface area contributed by atoms with Gasteiger partial charge in [0.05, 0.1) is 16.4 Å². The van der Waals surface area contributed by atoms with Gasteiger partial charge in [-0.2, -0.15) is 5.26 Å². The summed E-state index contributed by atoms with van der Waals surface area (Å²) in [6.07, 6.45) is 6.68. The van der Waals surface area contributed by atoms with E-state index in [0.29, 0.717) is 22.1 Å². The predicted molar refractivity (Wildman–Crippen MR) is 132 cm³/mol. The van der Waals surface area contributed by atoms with Crippen molar-refractivity contribution in [3.05, 3.63) is 75.3 Å². The van der Waals surface area contributed by atoms with Crippen LogP contribution in [0.4, 0.5) is 0 Å². The van der Waals surface area contributed by atoms with Crippen molar-refractivity contribution in [1.29, 1.82) is 5.26 Å². The van der Waals surface area contributed by atoms with Crippen LogP contribution < -0.4 is 10.1 Å². The van der Waals surface area contributed by atoms with E-state index < -0.39 is 5.91 Å². The predicted octanol–water partition coefficient (Wildman–Crippen LogP) is 5.30. The Labute approximate surface area is 201 Å². The third-order valence-electron chi connectivity index (χ3n) is 4.87. The zero-order valence-corrected chi connectivity index (χ0v) is 19.8. The summed E-state index contributed by atoms with van der Waals surface area (Å²) in [6.45, 7) is 6.89. The average molecular weight is 480 g/mol. The molecule has 1 aromatic heterocycles. The van der Waals surface area contributed by atoms with E-state index in [4.69, 9.17) is 16.3 Å². The molecule has 1 atom stereocenters. The summed E-state index contributed by atoms with van der Waals surface area (Å²) in [5.74, 6) is 0.151. The lowest BCUT2D eigenvalue weighted by Crippen LogP contribution is -2.35. The van der Waals surface area contributed by atoms with Gasteiger partial charge >= 0.3 is 0 Å². The highest BCUT2D eigenvalue weighted by Gasteiger charge is 2.27. The molecule has 0 fully saturated rings. The van der Waals surface area contributed by atoms with Gasteiger partial charge in [-0.25, -0.2) is 0 Å². The molecule has 1 unspecified atom stereocenters. The van der Waals surface area contributed by atoms with Gasteiger partial charge in [0, 0.05) is 23.1 Å². The molecule has 33 heavy (non-hydrogen) atoms. The van der Waals surface area contributed by atoms with Crippen LogP contribution in [0.1, 0.15) is 29.1 Å². The smallest absolute Gasteiger partial charge is 0.262 e. The van der Waals surface area contributed by atoms with E-state index in [0.717, 1.165) is 21.6 Å². The molecule has 8 heteroatoms. The van der Waals surface area contributed by atoms with Crippen LogP contribution in [0.3, 0.4) is 0 Å². The Bertz CT molecular complexity index is 1230. The van der Waals surface area contributed by atoms with E-state index >= 15 is 0 Å². The second kappa shape index (κ2) is 10.9. The maximum absolute atomic E-state index is 12.4. The average Bonchev–Trinajstić information content (AvgIpc) is 3.43. The Morgan fingerprint density at radius 3 is 2.85 bits per heavy atom. The fraction of sp³-hybridized carbons (Fsp3) is 0.200. The number of nitrogens with one attached hydrogen (secondary N) is 1. The first-order valence-corrected chi connectivity index (χ1v) is 11.3. The van der Waals surface area contributed by atoms with E-state index in [1.165, 1.54) is 23.6 Å². The summed E-state index contributed by atoms with van der Waals surface area (Å²) < 4.78 is 5.95. The molecule has 6 nitrogen and oxygen atoms in total. The molecular formula is C25H22ClN3O3S. The molecule has 1 aliphatic heterocycles. The standard InChI is InChI=1S/C25H22ClN3O3S/c1-15(5-4-8-28-3)9-19(13-27)25(31)29-14-20-11-18-10-17(12-21(26)24(18)32-20)23-7-6-22(33-23)16(2)30/h4-10,12,20H,3,11,14H2,1-2H3,(H,29,31)/b8-4-,15-5+,19-9+. The number of Topliss-reactive ketones (excluding diaryl/α,β-unsaturated/α-hetero) is 1. The van der Waals surface area contributed by atoms with Gasteiger partial charge in [0.15, 0.2) is 5.78 Å². The number of carbonyl (C=O) groups excluding carboxylic acids is 2. The number of rotatable bonds is 8.